The minimum atomic E-state index is -3.51. The molecule has 0 unspecified atom stereocenters. The molecule has 0 saturated heterocycles. The van der Waals surface area contributed by atoms with Crippen LogP contribution >= 0.6 is 11.3 Å². The summed E-state index contributed by atoms with van der Waals surface area (Å²) < 4.78 is 58.1. The van der Waals surface area contributed by atoms with E-state index in [9.17, 15) is 22.0 Å². The Hall–Kier alpha value is -2.20. The van der Waals surface area contributed by atoms with E-state index in [1.165, 1.54) is 30.3 Å². The molecule has 0 amide bonds. The first kappa shape index (κ1) is 18.1. The quantitative estimate of drug-likeness (QED) is 0.750. The van der Waals surface area contributed by atoms with Crippen LogP contribution in [-0.2, 0) is 21.4 Å². The first-order valence-electron chi connectivity index (χ1n) is 6.51. The molecule has 0 aliphatic heterocycles. The van der Waals surface area contributed by atoms with Gasteiger partial charge in [-0.2, -0.15) is 8.78 Å². The van der Waals surface area contributed by atoms with Crippen molar-refractivity contribution in [3.8, 4) is 5.75 Å². The van der Waals surface area contributed by atoms with Gasteiger partial charge in [0.05, 0.1) is 11.9 Å². The van der Waals surface area contributed by atoms with Gasteiger partial charge in [0.15, 0.2) is 0 Å². The Bertz CT molecular complexity index is 803. The van der Waals surface area contributed by atoms with E-state index in [2.05, 4.69) is 9.46 Å². The highest BCUT2D eigenvalue weighted by molar-refractivity contribution is 7.92. The van der Waals surface area contributed by atoms with E-state index >= 15 is 0 Å². The molecule has 1 aromatic carbocycles. The number of carbonyl (C=O) groups excluding carboxylic acids is 1. The molecule has 0 atom stereocenters. The first-order chi connectivity index (χ1) is 11.2. The van der Waals surface area contributed by atoms with Gasteiger partial charge in [0.1, 0.15) is 17.2 Å². The number of thiophene rings is 1. The summed E-state index contributed by atoms with van der Waals surface area (Å²) in [6, 6.07) is 7.08. The second kappa shape index (κ2) is 7.58. The Kier molecular flexibility index (Phi) is 5.73. The lowest BCUT2D eigenvalue weighted by molar-refractivity contribution is -0.0498. The number of hydrogen-bond donors (Lipinski definition) is 1. The van der Waals surface area contributed by atoms with E-state index in [1.54, 1.807) is 5.38 Å². The van der Waals surface area contributed by atoms with E-state index in [1.807, 2.05) is 0 Å². The normalized spacial score (nSPS) is 11.3. The van der Waals surface area contributed by atoms with E-state index < -0.39 is 22.6 Å². The summed E-state index contributed by atoms with van der Waals surface area (Å²) in [5, 5.41) is 1.56. The number of ether oxygens (including phenoxy) is 2. The minimum Gasteiger partial charge on any atom is -0.457 e. The molecule has 1 aromatic heterocycles. The standard InChI is InChI=1S/C14H13F2NO5S2/c1-24(19,20)17-11-6-7-23-12(11)13(18)21-8-9-2-4-10(5-3-9)22-14(15)16/h2-7,14,17H,8H2,1H3. The van der Waals surface area contributed by atoms with Crippen molar-refractivity contribution < 1.29 is 31.5 Å². The van der Waals surface area contributed by atoms with E-state index in [0.29, 0.717) is 5.56 Å². The minimum absolute atomic E-state index is 0.00188. The van der Waals surface area contributed by atoms with E-state index in [4.69, 9.17) is 4.74 Å². The zero-order valence-electron chi connectivity index (χ0n) is 12.4. The van der Waals surface area contributed by atoms with E-state index in [-0.39, 0.29) is 22.9 Å². The highest BCUT2D eigenvalue weighted by Gasteiger charge is 2.17. The van der Waals surface area contributed by atoms with Crippen LogP contribution in [0.15, 0.2) is 35.7 Å². The summed E-state index contributed by atoms with van der Waals surface area (Å²) >= 11 is 1.04. The van der Waals surface area contributed by atoms with Gasteiger partial charge in [-0.05, 0) is 29.1 Å². The fraction of sp³-hybridized carbons (Fsp3) is 0.214. The highest BCUT2D eigenvalue weighted by atomic mass is 32.2. The van der Waals surface area contributed by atoms with Crippen molar-refractivity contribution in [2.75, 3.05) is 11.0 Å². The Morgan fingerprint density at radius 1 is 1.25 bits per heavy atom. The molecule has 0 spiro atoms. The SMILES string of the molecule is CS(=O)(=O)Nc1ccsc1C(=O)OCc1ccc(OC(F)F)cc1. The maximum absolute atomic E-state index is 12.0. The van der Waals surface area contributed by atoms with Crippen molar-refractivity contribution in [3.63, 3.8) is 0 Å². The number of benzene rings is 1. The summed E-state index contributed by atoms with van der Waals surface area (Å²) in [6.07, 6.45) is 0.975. The molecule has 130 valence electrons. The van der Waals surface area contributed by atoms with Crippen LogP contribution in [0.5, 0.6) is 5.75 Å². The van der Waals surface area contributed by atoms with Gasteiger partial charge in [0.25, 0.3) is 0 Å². The van der Waals surface area contributed by atoms with Crippen molar-refractivity contribution in [3.05, 3.63) is 46.2 Å². The summed E-state index contributed by atoms with van der Waals surface area (Å²) in [5.74, 6) is -0.693. The molecule has 6 nitrogen and oxygen atoms in total. The molecule has 0 saturated carbocycles. The van der Waals surface area contributed by atoms with Gasteiger partial charge in [-0.3, -0.25) is 4.72 Å². The van der Waals surface area contributed by atoms with Crippen LogP contribution in [0, 0.1) is 0 Å². The van der Waals surface area contributed by atoms with Gasteiger partial charge in [0, 0.05) is 0 Å². The lowest BCUT2D eigenvalue weighted by atomic mass is 10.2. The molecule has 0 aliphatic carbocycles. The van der Waals surface area contributed by atoms with Crippen LogP contribution in [-0.4, -0.2) is 27.3 Å². The van der Waals surface area contributed by atoms with Gasteiger partial charge in [0.2, 0.25) is 10.0 Å². The lowest BCUT2D eigenvalue weighted by Gasteiger charge is -2.08. The third kappa shape index (κ3) is 5.46. The van der Waals surface area contributed by atoms with Gasteiger partial charge >= 0.3 is 12.6 Å². The second-order valence-corrected chi connectivity index (χ2v) is 7.30. The molecule has 10 heteroatoms. The second-order valence-electron chi connectivity index (χ2n) is 4.64. The highest BCUT2D eigenvalue weighted by Crippen LogP contribution is 2.24. The number of rotatable bonds is 7. The predicted octanol–water partition coefficient (Wildman–Crippen LogP) is 3.08. The molecule has 0 fully saturated rings. The summed E-state index contributed by atoms with van der Waals surface area (Å²) in [6.45, 7) is -3.00. The first-order valence-corrected chi connectivity index (χ1v) is 9.28. The lowest BCUT2D eigenvalue weighted by Crippen LogP contribution is -2.12. The molecule has 24 heavy (non-hydrogen) atoms. The molecule has 1 heterocycles. The molecule has 2 aromatic rings. The fourth-order valence-corrected chi connectivity index (χ4v) is 3.10. The Morgan fingerprint density at radius 2 is 1.92 bits per heavy atom. The smallest absolute Gasteiger partial charge is 0.387 e. The van der Waals surface area contributed by atoms with Crippen molar-refractivity contribution in [2.45, 2.75) is 13.2 Å². The predicted molar refractivity (Wildman–Crippen MR) is 85.0 cm³/mol. The maximum atomic E-state index is 12.0. The number of esters is 1. The molecule has 2 rings (SSSR count). The summed E-state index contributed by atoms with van der Waals surface area (Å²) in [7, 11) is -3.51. The van der Waals surface area contributed by atoms with Crippen molar-refractivity contribution in [2.24, 2.45) is 0 Å². The van der Waals surface area contributed by atoms with Crippen molar-refractivity contribution in [1.82, 2.24) is 0 Å². The third-order valence-corrected chi connectivity index (χ3v) is 4.15. The number of nitrogens with one attached hydrogen (secondary N) is 1. The number of halogens is 2. The fourth-order valence-electron chi connectivity index (χ4n) is 1.73. The maximum Gasteiger partial charge on any atom is 0.387 e. The van der Waals surface area contributed by atoms with Crippen molar-refractivity contribution >= 4 is 33.0 Å². The molecule has 0 bridgehead atoms. The molecule has 1 N–H and O–H groups in total. The van der Waals surface area contributed by atoms with Crippen LogP contribution in [0.1, 0.15) is 15.2 Å². The molecule has 0 aliphatic rings. The zero-order chi connectivity index (χ0) is 17.7. The van der Waals surface area contributed by atoms with Gasteiger partial charge < -0.3 is 9.47 Å². The largest absolute Gasteiger partial charge is 0.457 e. The third-order valence-electron chi connectivity index (χ3n) is 2.66. The summed E-state index contributed by atoms with van der Waals surface area (Å²) in [5.41, 5.74) is 0.715. The molecular weight excluding hydrogens is 364 g/mol. The van der Waals surface area contributed by atoms with E-state index in [0.717, 1.165) is 17.6 Å². The zero-order valence-corrected chi connectivity index (χ0v) is 14.0. The number of sulfonamides is 1. The van der Waals surface area contributed by atoms with Crippen LogP contribution in [0.2, 0.25) is 0 Å². The Morgan fingerprint density at radius 3 is 2.50 bits per heavy atom. The number of carbonyl (C=O) groups is 1. The Balaban J connectivity index is 1.97. The van der Waals surface area contributed by atoms with Gasteiger partial charge in [-0.15, -0.1) is 11.3 Å². The Labute approximate surface area is 141 Å². The average Bonchev–Trinajstić information content (AvgIpc) is 2.91. The van der Waals surface area contributed by atoms with Crippen LogP contribution in [0.25, 0.3) is 0 Å². The number of anilines is 1. The van der Waals surface area contributed by atoms with Crippen LogP contribution in [0.3, 0.4) is 0 Å². The molecular formula is C14H13F2NO5S2. The van der Waals surface area contributed by atoms with Crippen LogP contribution < -0.4 is 9.46 Å². The molecule has 0 radical (unpaired) electrons. The van der Waals surface area contributed by atoms with Gasteiger partial charge in [-0.25, -0.2) is 13.2 Å². The number of alkyl halides is 2. The average molecular weight is 377 g/mol. The topological polar surface area (TPSA) is 81.7 Å². The van der Waals surface area contributed by atoms with Gasteiger partial charge in [-0.1, -0.05) is 12.1 Å². The van der Waals surface area contributed by atoms with Crippen LogP contribution in [0.4, 0.5) is 14.5 Å². The monoisotopic (exact) mass is 377 g/mol. The van der Waals surface area contributed by atoms with Crippen molar-refractivity contribution in [1.29, 1.82) is 0 Å². The summed E-state index contributed by atoms with van der Waals surface area (Å²) in [4.78, 5) is 12.2. The number of hydrogen-bond acceptors (Lipinski definition) is 6.